The molecule has 0 aromatic carbocycles. The Kier molecular flexibility index (Phi) is 5.07. The van der Waals surface area contributed by atoms with Gasteiger partial charge in [-0.05, 0) is 73.7 Å². The topological polar surface area (TPSA) is 58.7 Å². The molecule has 0 radical (unpaired) electrons. The Balaban J connectivity index is 1.54. The lowest BCUT2D eigenvalue weighted by Gasteiger charge is -2.16. The van der Waals surface area contributed by atoms with Crippen molar-refractivity contribution in [3.05, 3.63) is 95.2 Å². The highest BCUT2D eigenvalue weighted by molar-refractivity contribution is 6.15. The Morgan fingerprint density at radius 3 is 1.85 bits per heavy atom. The van der Waals surface area contributed by atoms with E-state index < -0.39 is 25.3 Å². The molecule has 5 nitrogen and oxygen atoms in total. The van der Waals surface area contributed by atoms with E-state index in [0.29, 0.717) is 39.8 Å². The summed E-state index contributed by atoms with van der Waals surface area (Å²) < 4.78 is 51.9. The van der Waals surface area contributed by atoms with Gasteiger partial charge in [-0.2, -0.15) is 13.2 Å². The standard InChI is InChI=1S/C25H19F3N4O/c1-15(33-9-8-25(26,27)28)23-13-22-12-20-5-4-18(30-20)10-16-2-3-17(29-16)11-19-6-7-21(31-19)14-24(23)32-22/h2-7,10-15H,8-9H2,1H3/i13D. The van der Waals surface area contributed by atoms with Gasteiger partial charge in [0, 0.05) is 5.57 Å². The van der Waals surface area contributed by atoms with Crippen LogP contribution in [0, 0.1) is 0 Å². The van der Waals surface area contributed by atoms with Gasteiger partial charge >= 0.3 is 6.18 Å². The monoisotopic (exact) mass is 449 g/mol. The number of hydrogen-bond acceptors (Lipinski definition) is 5. The van der Waals surface area contributed by atoms with Crippen LogP contribution in [-0.2, 0) is 4.74 Å². The van der Waals surface area contributed by atoms with Gasteiger partial charge in [0.25, 0.3) is 0 Å². The van der Waals surface area contributed by atoms with Gasteiger partial charge in [-0.15, -0.1) is 0 Å². The summed E-state index contributed by atoms with van der Waals surface area (Å²) in [5.41, 5.74) is 5.36. The smallest absolute Gasteiger partial charge is 0.373 e. The number of fused-ring (bicyclic) bond motifs is 4. The van der Waals surface area contributed by atoms with Gasteiger partial charge in [-0.25, -0.2) is 20.0 Å². The van der Waals surface area contributed by atoms with E-state index in [-0.39, 0.29) is 6.05 Å². The van der Waals surface area contributed by atoms with Gasteiger partial charge in [0.05, 0.1) is 66.1 Å². The Morgan fingerprint density at radius 2 is 1.30 bits per heavy atom. The van der Waals surface area contributed by atoms with Gasteiger partial charge in [-0.3, -0.25) is 0 Å². The maximum absolute atomic E-state index is 12.6. The summed E-state index contributed by atoms with van der Waals surface area (Å²) in [5.74, 6) is 0. The highest BCUT2D eigenvalue weighted by Gasteiger charge is 2.28. The van der Waals surface area contributed by atoms with Crippen molar-refractivity contribution in [2.45, 2.75) is 25.6 Å². The molecule has 166 valence electrons. The number of rotatable bonds is 4. The minimum Gasteiger partial charge on any atom is -0.373 e. The molecule has 5 rings (SSSR count). The molecule has 0 fully saturated rings. The van der Waals surface area contributed by atoms with E-state index in [1.807, 2.05) is 48.6 Å². The Hall–Kier alpha value is -3.65. The van der Waals surface area contributed by atoms with Crippen LogP contribution in [0.1, 0.15) is 14.7 Å². The quantitative estimate of drug-likeness (QED) is 0.574. The molecular weight excluding hydrogens is 429 g/mol. The van der Waals surface area contributed by atoms with Crippen molar-refractivity contribution in [3.63, 3.8) is 0 Å². The summed E-state index contributed by atoms with van der Waals surface area (Å²) >= 11 is 0. The first-order chi connectivity index (χ1) is 16.2. The normalized spacial score (nSPS) is 22.4. The molecule has 8 bridgehead atoms. The molecule has 0 N–H and O–H groups in total. The third kappa shape index (κ3) is 5.06. The zero-order valence-electron chi connectivity index (χ0n) is 18.6. The zero-order valence-corrected chi connectivity index (χ0v) is 17.6. The first-order valence-corrected chi connectivity index (χ1v) is 10.4. The molecule has 0 saturated carbocycles. The number of allylic oxidation sites excluding steroid dienone is 11. The molecule has 33 heavy (non-hydrogen) atoms. The maximum atomic E-state index is 12.6. The first-order valence-electron chi connectivity index (χ1n) is 10.9. The second kappa shape index (κ2) is 8.37. The Labute approximate surface area is 190 Å². The fourth-order valence-electron chi connectivity index (χ4n) is 3.59. The highest BCUT2D eigenvalue weighted by Crippen LogP contribution is 2.28. The van der Waals surface area contributed by atoms with Crippen molar-refractivity contribution in [3.8, 4) is 0 Å². The zero-order chi connectivity index (χ0) is 23.9. The Bertz CT molecular complexity index is 1330. The van der Waals surface area contributed by atoms with Crippen molar-refractivity contribution in [1.82, 2.24) is 0 Å². The molecule has 5 aliphatic heterocycles. The molecule has 8 heteroatoms. The van der Waals surface area contributed by atoms with Gasteiger partial charge in [0.15, 0.2) is 0 Å². The van der Waals surface area contributed by atoms with Gasteiger partial charge in [0.2, 0.25) is 0 Å². The molecule has 0 saturated heterocycles. The van der Waals surface area contributed by atoms with E-state index in [1.165, 1.54) is 0 Å². The SMILES string of the molecule is [2H]C1=C(C(C)OCCC(F)(F)F)C2=CC3=NC(=CC4=NC(=CC5=NC(=CC1=N2)C=C5)C=C4)C=C3. The Morgan fingerprint density at radius 1 is 0.788 bits per heavy atom. The van der Waals surface area contributed by atoms with Crippen LogP contribution < -0.4 is 0 Å². The molecule has 0 aliphatic carbocycles. The average molecular weight is 449 g/mol. The third-order valence-corrected chi connectivity index (χ3v) is 5.15. The van der Waals surface area contributed by atoms with Crippen molar-refractivity contribution >= 4 is 22.8 Å². The summed E-state index contributed by atoms with van der Waals surface area (Å²) in [6, 6.07) is 0.0869. The van der Waals surface area contributed by atoms with Gasteiger partial charge < -0.3 is 4.74 Å². The summed E-state index contributed by atoms with van der Waals surface area (Å²) in [6.07, 6.45) is 12.1. The minimum absolute atomic E-state index is 0.0869. The van der Waals surface area contributed by atoms with Crippen molar-refractivity contribution < 1.29 is 19.3 Å². The molecule has 5 heterocycles. The fourth-order valence-corrected chi connectivity index (χ4v) is 3.59. The molecule has 0 spiro atoms. The number of hydrogen-bond donors (Lipinski definition) is 0. The number of ether oxygens (including phenoxy) is 1. The van der Waals surface area contributed by atoms with Crippen molar-refractivity contribution in [2.24, 2.45) is 20.0 Å². The van der Waals surface area contributed by atoms with E-state index in [9.17, 15) is 13.2 Å². The van der Waals surface area contributed by atoms with Crippen LogP contribution in [0.3, 0.4) is 0 Å². The summed E-state index contributed by atoms with van der Waals surface area (Å²) in [4.78, 5) is 18.3. The van der Waals surface area contributed by atoms with Crippen LogP contribution in [0.2, 0.25) is 0 Å². The molecule has 1 atom stereocenters. The van der Waals surface area contributed by atoms with Gasteiger partial charge in [-0.1, -0.05) is 0 Å². The second-order valence-electron chi connectivity index (χ2n) is 7.76. The maximum Gasteiger partial charge on any atom is 0.391 e. The van der Waals surface area contributed by atoms with Crippen LogP contribution >= 0.6 is 0 Å². The highest BCUT2D eigenvalue weighted by atomic mass is 19.4. The van der Waals surface area contributed by atoms with Crippen LogP contribution in [0.5, 0.6) is 0 Å². The van der Waals surface area contributed by atoms with Crippen LogP contribution in [0.4, 0.5) is 13.2 Å². The van der Waals surface area contributed by atoms with E-state index >= 15 is 0 Å². The summed E-state index contributed by atoms with van der Waals surface area (Å²) in [7, 11) is 0. The molecule has 0 aromatic rings. The lowest BCUT2D eigenvalue weighted by Crippen LogP contribution is -2.18. The predicted octanol–water partition coefficient (Wildman–Crippen LogP) is 5.31. The predicted molar refractivity (Wildman–Crippen MR) is 124 cm³/mol. The largest absolute Gasteiger partial charge is 0.391 e. The summed E-state index contributed by atoms with van der Waals surface area (Å²) in [5, 5.41) is 0. The minimum atomic E-state index is -4.31. The number of alkyl halides is 3. The van der Waals surface area contributed by atoms with E-state index in [0.717, 1.165) is 11.4 Å². The fraction of sp³-hybridized carbons (Fsp3) is 0.200. The van der Waals surface area contributed by atoms with Crippen molar-refractivity contribution in [2.75, 3.05) is 6.61 Å². The average Bonchev–Trinajstić information content (AvgIpc) is 3.53. The first kappa shape index (κ1) is 20.0. The second-order valence-corrected chi connectivity index (χ2v) is 7.76. The summed E-state index contributed by atoms with van der Waals surface area (Å²) in [6.45, 7) is 1.12. The number of nitrogens with zero attached hydrogens (tertiary/aromatic N) is 4. The molecule has 5 aliphatic rings. The van der Waals surface area contributed by atoms with Gasteiger partial charge in [0.1, 0.15) is 0 Å². The van der Waals surface area contributed by atoms with Crippen LogP contribution in [0.25, 0.3) is 0 Å². The van der Waals surface area contributed by atoms with E-state index in [4.69, 9.17) is 6.11 Å². The molecule has 1 unspecified atom stereocenters. The number of aliphatic imine (C=N–C) groups is 4. The van der Waals surface area contributed by atoms with E-state index in [1.54, 1.807) is 19.1 Å². The van der Waals surface area contributed by atoms with Crippen LogP contribution in [-0.4, -0.2) is 41.7 Å². The molecule has 0 amide bonds. The lowest BCUT2D eigenvalue weighted by molar-refractivity contribution is -0.147. The van der Waals surface area contributed by atoms with Crippen LogP contribution in [0.15, 0.2) is 115 Å². The molecular formula is C25H19F3N4O. The number of halogens is 3. The third-order valence-electron chi connectivity index (χ3n) is 5.15. The van der Waals surface area contributed by atoms with E-state index in [2.05, 4.69) is 20.0 Å². The van der Waals surface area contributed by atoms with Crippen molar-refractivity contribution in [1.29, 1.82) is 0 Å². The molecule has 0 aromatic heterocycles. The lowest BCUT2D eigenvalue weighted by atomic mass is 10.1.